The van der Waals surface area contributed by atoms with Gasteiger partial charge in [0, 0.05) is 13.5 Å². The average molecular weight is 583 g/mol. The van der Waals surface area contributed by atoms with Crippen LogP contribution in [-0.4, -0.2) is 37.5 Å². The lowest BCUT2D eigenvalue weighted by Crippen LogP contribution is -2.24. The minimum absolute atomic E-state index is 0.291. The van der Waals surface area contributed by atoms with Crippen molar-refractivity contribution in [2.24, 2.45) is 0 Å². The first-order chi connectivity index (χ1) is 21.6. The van der Waals surface area contributed by atoms with E-state index in [0.717, 1.165) is 50.1 Å². The Kier molecular flexibility index (Phi) is 8.97. The number of methoxy groups -OCH3 is 1. The third-order valence-corrected chi connectivity index (χ3v) is 7.94. The molecule has 0 radical (unpaired) electrons. The summed E-state index contributed by atoms with van der Waals surface area (Å²) in [6, 6.07) is 41.4. The number of aliphatic carboxylic acids is 1. The van der Waals surface area contributed by atoms with Gasteiger partial charge in [0.1, 0.15) is 18.5 Å². The summed E-state index contributed by atoms with van der Waals surface area (Å²) in [7, 11) is 1.41. The van der Waals surface area contributed by atoms with E-state index in [9.17, 15) is 9.90 Å². The molecular formula is C39H34O5. The van der Waals surface area contributed by atoms with Gasteiger partial charge >= 0.3 is 5.97 Å². The quantitative estimate of drug-likeness (QED) is 0.159. The minimum atomic E-state index is -0.978. The largest absolute Gasteiger partial charge is 0.491 e. The van der Waals surface area contributed by atoms with Gasteiger partial charge in [0.2, 0.25) is 0 Å². The number of ether oxygens (including phenoxy) is 3. The summed E-state index contributed by atoms with van der Waals surface area (Å²) >= 11 is 0. The van der Waals surface area contributed by atoms with E-state index < -0.39 is 12.1 Å². The van der Waals surface area contributed by atoms with Crippen LogP contribution >= 0.6 is 0 Å². The zero-order valence-corrected chi connectivity index (χ0v) is 24.6. The summed E-state index contributed by atoms with van der Waals surface area (Å²) < 4.78 is 17.8. The molecule has 0 heterocycles. The predicted octanol–water partition coefficient (Wildman–Crippen LogP) is 8.33. The monoisotopic (exact) mass is 582 g/mol. The fourth-order valence-electron chi connectivity index (χ4n) is 5.59. The molecule has 0 saturated heterocycles. The number of carboxylic acids is 1. The Morgan fingerprint density at radius 3 is 1.73 bits per heavy atom. The molecule has 0 amide bonds. The number of hydrogen-bond donors (Lipinski definition) is 1. The van der Waals surface area contributed by atoms with Crippen molar-refractivity contribution in [2.75, 3.05) is 20.3 Å². The second-order valence-electron chi connectivity index (χ2n) is 10.8. The van der Waals surface area contributed by atoms with Gasteiger partial charge in [-0.3, -0.25) is 0 Å². The summed E-state index contributed by atoms with van der Waals surface area (Å²) in [5.41, 5.74) is 9.95. The second kappa shape index (κ2) is 13.6. The van der Waals surface area contributed by atoms with Crippen LogP contribution in [0.4, 0.5) is 0 Å². The highest BCUT2D eigenvalue weighted by atomic mass is 16.5. The van der Waals surface area contributed by atoms with Crippen LogP contribution in [0.3, 0.4) is 0 Å². The van der Waals surface area contributed by atoms with Crippen LogP contribution < -0.4 is 4.74 Å². The number of hydrogen-bond acceptors (Lipinski definition) is 4. The van der Waals surface area contributed by atoms with Crippen molar-refractivity contribution in [3.8, 4) is 28.0 Å². The van der Waals surface area contributed by atoms with E-state index in [1.165, 1.54) is 7.11 Å². The Morgan fingerprint density at radius 2 is 1.23 bits per heavy atom. The van der Waals surface area contributed by atoms with E-state index in [0.29, 0.717) is 25.4 Å². The average Bonchev–Trinajstić information content (AvgIpc) is 3.22. The molecule has 1 aliphatic carbocycles. The van der Waals surface area contributed by atoms with Gasteiger partial charge in [-0.15, -0.1) is 0 Å². The number of rotatable bonds is 11. The van der Waals surface area contributed by atoms with Crippen LogP contribution in [0.2, 0.25) is 0 Å². The van der Waals surface area contributed by atoms with E-state index >= 15 is 0 Å². The van der Waals surface area contributed by atoms with Gasteiger partial charge in [0.05, 0.1) is 6.61 Å². The standard InChI is InChI=1S/C39H34O5/c1-42-37(39(40)41)24-27-12-20-34(21-13-27)43-22-23-44-38-35-25-32(28-8-4-2-5-9-28)18-16-30(35)14-15-31-17-19-33(26-36(31)38)29-10-6-3-7-11-29/h2-21,25-26,37-38H,22-24H2,1H3,(H,40,41). The molecule has 1 N–H and O–H groups in total. The third-order valence-electron chi connectivity index (χ3n) is 7.94. The molecule has 1 atom stereocenters. The molecule has 0 aliphatic heterocycles. The van der Waals surface area contributed by atoms with Gasteiger partial charge in [-0.2, -0.15) is 0 Å². The van der Waals surface area contributed by atoms with Gasteiger partial charge in [0.15, 0.2) is 6.10 Å². The van der Waals surface area contributed by atoms with E-state index in [-0.39, 0.29) is 6.10 Å². The maximum absolute atomic E-state index is 11.3. The molecule has 0 fully saturated rings. The molecule has 5 aromatic carbocycles. The van der Waals surface area contributed by atoms with Crippen molar-refractivity contribution in [3.05, 3.63) is 149 Å². The fraction of sp³-hybridized carbons (Fsp3) is 0.154. The van der Waals surface area contributed by atoms with E-state index in [4.69, 9.17) is 14.2 Å². The topological polar surface area (TPSA) is 65.0 Å². The molecule has 220 valence electrons. The van der Waals surface area contributed by atoms with Crippen molar-refractivity contribution in [1.29, 1.82) is 0 Å². The summed E-state index contributed by atoms with van der Waals surface area (Å²) in [5, 5.41) is 9.26. The smallest absolute Gasteiger partial charge is 0.333 e. The lowest BCUT2D eigenvalue weighted by molar-refractivity contribution is -0.148. The fourth-order valence-corrected chi connectivity index (χ4v) is 5.59. The summed E-state index contributed by atoms with van der Waals surface area (Å²) in [6.45, 7) is 0.738. The lowest BCUT2D eigenvalue weighted by atomic mass is 9.91. The lowest BCUT2D eigenvalue weighted by Gasteiger charge is -2.23. The maximum atomic E-state index is 11.3. The van der Waals surface area contributed by atoms with Crippen molar-refractivity contribution in [3.63, 3.8) is 0 Å². The number of carbonyl (C=O) groups is 1. The highest BCUT2D eigenvalue weighted by Gasteiger charge is 2.24. The molecule has 5 heteroatoms. The summed E-state index contributed by atoms with van der Waals surface area (Å²) in [6.07, 6.45) is 3.46. The normalized spacial score (nSPS) is 13.0. The zero-order chi connectivity index (χ0) is 30.3. The van der Waals surface area contributed by atoms with Gasteiger partial charge in [-0.05, 0) is 74.3 Å². The van der Waals surface area contributed by atoms with Crippen molar-refractivity contribution >= 4 is 18.1 Å². The van der Waals surface area contributed by atoms with Crippen LogP contribution in [0.15, 0.2) is 121 Å². The van der Waals surface area contributed by atoms with Crippen LogP contribution in [-0.2, 0) is 20.7 Å². The highest BCUT2D eigenvalue weighted by molar-refractivity contribution is 5.80. The molecule has 0 aromatic heterocycles. The Balaban J connectivity index is 1.25. The first-order valence-corrected chi connectivity index (χ1v) is 14.7. The van der Waals surface area contributed by atoms with Crippen molar-refractivity contribution in [2.45, 2.75) is 18.6 Å². The minimum Gasteiger partial charge on any atom is -0.491 e. The molecule has 6 rings (SSSR count). The Morgan fingerprint density at radius 1 is 0.682 bits per heavy atom. The van der Waals surface area contributed by atoms with Gasteiger partial charge in [0.25, 0.3) is 0 Å². The summed E-state index contributed by atoms with van der Waals surface area (Å²) in [5.74, 6) is -0.281. The molecular weight excluding hydrogens is 548 g/mol. The number of fused-ring (bicyclic) bond motifs is 2. The number of benzene rings is 5. The Bertz CT molecular complexity index is 1650. The van der Waals surface area contributed by atoms with E-state index in [1.54, 1.807) is 0 Å². The van der Waals surface area contributed by atoms with Crippen LogP contribution in [0.25, 0.3) is 34.4 Å². The van der Waals surface area contributed by atoms with Crippen LogP contribution in [0.5, 0.6) is 5.75 Å². The first kappa shape index (κ1) is 29.1. The summed E-state index contributed by atoms with van der Waals surface area (Å²) in [4.78, 5) is 11.3. The Hall–Kier alpha value is -4.97. The van der Waals surface area contributed by atoms with Crippen LogP contribution in [0, 0.1) is 0 Å². The third kappa shape index (κ3) is 6.65. The number of carboxylic acid groups (broad SMARTS) is 1. The molecule has 0 saturated carbocycles. The predicted molar refractivity (Wildman–Crippen MR) is 175 cm³/mol. The molecule has 0 bridgehead atoms. The molecule has 1 unspecified atom stereocenters. The Labute approximate surface area is 258 Å². The molecule has 5 aromatic rings. The molecule has 0 spiro atoms. The zero-order valence-electron chi connectivity index (χ0n) is 24.6. The van der Waals surface area contributed by atoms with Gasteiger partial charge < -0.3 is 19.3 Å². The van der Waals surface area contributed by atoms with Crippen molar-refractivity contribution < 1.29 is 24.1 Å². The van der Waals surface area contributed by atoms with E-state index in [1.807, 2.05) is 36.4 Å². The van der Waals surface area contributed by atoms with Gasteiger partial charge in [-0.25, -0.2) is 4.79 Å². The van der Waals surface area contributed by atoms with Crippen LogP contribution in [0.1, 0.15) is 33.9 Å². The molecule has 5 nitrogen and oxygen atoms in total. The highest BCUT2D eigenvalue weighted by Crippen LogP contribution is 2.39. The maximum Gasteiger partial charge on any atom is 0.333 e. The van der Waals surface area contributed by atoms with Crippen molar-refractivity contribution in [1.82, 2.24) is 0 Å². The molecule has 1 aliphatic rings. The second-order valence-corrected chi connectivity index (χ2v) is 10.8. The van der Waals surface area contributed by atoms with E-state index in [2.05, 4.69) is 97.1 Å². The molecule has 44 heavy (non-hydrogen) atoms. The van der Waals surface area contributed by atoms with Gasteiger partial charge in [-0.1, -0.05) is 109 Å². The first-order valence-electron chi connectivity index (χ1n) is 14.7. The SMILES string of the molecule is COC(Cc1ccc(OCCOC2c3cc(-c4ccccc4)ccc3C=Cc3ccc(-c4ccccc4)cc32)cc1)C(=O)O.